The highest BCUT2D eigenvalue weighted by molar-refractivity contribution is 5.79. The molecule has 1 unspecified atom stereocenters. The molecule has 0 radical (unpaired) electrons. The van der Waals surface area contributed by atoms with Gasteiger partial charge < -0.3 is 15.4 Å². The van der Waals surface area contributed by atoms with Gasteiger partial charge in [0, 0.05) is 25.7 Å². The molecule has 5 nitrogen and oxygen atoms in total. The van der Waals surface area contributed by atoms with Crippen LogP contribution in [0.15, 0.2) is 4.99 Å². The Morgan fingerprint density at radius 1 is 1.33 bits per heavy atom. The number of rotatable bonds is 9. The van der Waals surface area contributed by atoms with Gasteiger partial charge in [0.05, 0.1) is 13.2 Å². The molecule has 0 amide bonds. The number of nitrogens with zero attached hydrogens (tertiary/aromatic N) is 2. The van der Waals surface area contributed by atoms with Crippen molar-refractivity contribution in [2.75, 3.05) is 45.9 Å². The zero-order chi connectivity index (χ0) is 15.5. The summed E-state index contributed by atoms with van der Waals surface area (Å²) in [6.45, 7) is 15.2. The Kier molecular flexibility index (Phi) is 9.42. The summed E-state index contributed by atoms with van der Waals surface area (Å²) in [5.41, 5.74) is 0. The van der Waals surface area contributed by atoms with Crippen molar-refractivity contribution in [3.8, 4) is 0 Å². The Hall–Kier alpha value is -0.810. The van der Waals surface area contributed by atoms with Crippen LogP contribution in [0, 0.1) is 5.92 Å². The topological polar surface area (TPSA) is 48.9 Å². The molecular weight excluding hydrogens is 264 g/mol. The molecule has 0 aliphatic carbocycles. The normalized spacial score (nSPS) is 20.2. The van der Waals surface area contributed by atoms with E-state index in [0.717, 1.165) is 45.4 Å². The number of likely N-dealkylation sites (N-methyl/N-ethyl adjacent to an activating group) is 1. The molecule has 0 spiro atoms. The third-order valence-corrected chi connectivity index (χ3v) is 3.70. The predicted molar refractivity (Wildman–Crippen MR) is 89.9 cm³/mol. The zero-order valence-electron chi connectivity index (χ0n) is 14.3. The van der Waals surface area contributed by atoms with E-state index in [2.05, 4.69) is 43.2 Å². The molecule has 1 heterocycles. The highest BCUT2D eigenvalue weighted by Gasteiger charge is 2.22. The fourth-order valence-corrected chi connectivity index (χ4v) is 2.62. The maximum atomic E-state index is 5.58. The van der Waals surface area contributed by atoms with E-state index in [9.17, 15) is 0 Å². The van der Waals surface area contributed by atoms with Gasteiger partial charge in [-0.05, 0) is 38.8 Å². The van der Waals surface area contributed by atoms with Gasteiger partial charge in [-0.2, -0.15) is 0 Å². The van der Waals surface area contributed by atoms with Crippen LogP contribution in [0.2, 0.25) is 0 Å². The molecule has 1 atom stereocenters. The molecule has 0 aromatic carbocycles. The second-order valence-electron chi connectivity index (χ2n) is 6.04. The minimum atomic E-state index is 0.592. The van der Waals surface area contributed by atoms with Gasteiger partial charge in [-0.25, -0.2) is 0 Å². The molecule has 1 rings (SSSR count). The number of guanidine groups is 1. The Labute approximate surface area is 130 Å². The van der Waals surface area contributed by atoms with Crippen LogP contribution in [0.4, 0.5) is 0 Å². The summed E-state index contributed by atoms with van der Waals surface area (Å²) in [6, 6.07) is 0.614. The third kappa shape index (κ3) is 7.67. The van der Waals surface area contributed by atoms with E-state index in [1.807, 2.05) is 0 Å². The Morgan fingerprint density at radius 2 is 2.14 bits per heavy atom. The average molecular weight is 298 g/mol. The first kappa shape index (κ1) is 18.2. The summed E-state index contributed by atoms with van der Waals surface area (Å²) < 4.78 is 5.58. The van der Waals surface area contributed by atoms with Gasteiger partial charge in [-0.3, -0.25) is 9.89 Å². The van der Waals surface area contributed by atoms with E-state index in [-0.39, 0.29) is 0 Å². The second kappa shape index (κ2) is 10.9. The fraction of sp³-hybridized carbons (Fsp3) is 0.938. The molecule has 0 saturated carbocycles. The molecular formula is C16H34N4O. The van der Waals surface area contributed by atoms with Crippen molar-refractivity contribution in [1.29, 1.82) is 0 Å². The van der Waals surface area contributed by atoms with Gasteiger partial charge in [0.1, 0.15) is 0 Å². The lowest BCUT2D eigenvalue weighted by Crippen LogP contribution is -2.40. The summed E-state index contributed by atoms with van der Waals surface area (Å²) in [5, 5.41) is 6.65. The first-order valence-electron chi connectivity index (χ1n) is 8.51. The number of ether oxygens (including phenoxy) is 1. The van der Waals surface area contributed by atoms with Crippen molar-refractivity contribution >= 4 is 5.96 Å². The number of aliphatic imine (C=N–C) groups is 1. The first-order valence-corrected chi connectivity index (χ1v) is 8.51. The van der Waals surface area contributed by atoms with Crippen molar-refractivity contribution in [2.45, 2.75) is 46.6 Å². The molecule has 0 aromatic rings. The van der Waals surface area contributed by atoms with Gasteiger partial charge in [0.2, 0.25) is 0 Å². The first-order chi connectivity index (χ1) is 10.2. The Morgan fingerprint density at radius 3 is 2.81 bits per heavy atom. The van der Waals surface area contributed by atoms with Crippen LogP contribution in [-0.4, -0.2) is 62.8 Å². The predicted octanol–water partition coefficient (Wildman–Crippen LogP) is 1.70. The SMILES string of the molecule is CCNC(=NCC1CCCN1CC)NCCOCC(C)C. The van der Waals surface area contributed by atoms with Crippen LogP contribution >= 0.6 is 0 Å². The largest absolute Gasteiger partial charge is 0.379 e. The van der Waals surface area contributed by atoms with Crippen LogP contribution < -0.4 is 10.6 Å². The van der Waals surface area contributed by atoms with Crippen LogP contribution in [-0.2, 0) is 4.74 Å². The summed E-state index contributed by atoms with van der Waals surface area (Å²) in [4.78, 5) is 7.25. The Balaban J connectivity index is 2.28. The lowest BCUT2D eigenvalue weighted by molar-refractivity contribution is 0.114. The smallest absolute Gasteiger partial charge is 0.191 e. The second-order valence-corrected chi connectivity index (χ2v) is 6.04. The maximum absolute atomic E-state index is 5.58. The van der Waals surface area contributed by atoms with Crippen molar-refractivity contribution in [3.63, 3.8) is 0 Å². The number of nitrogens with one attached hydrogen (secondary N) is 2. The molecule has 1 aliphatic heterocycles. The van der Waals surface area contributed by atoms with Crippen molar-refractivity contribution < 1.29 is 4.74 Å². The molecule has 1 aliphatic rings. The average Bonchev–Trinajstić information content (AvgIpc) is 2.91. The molecule has 1 fully saturated rings. The van der Waals surface area contributed by atoms with E-state index in [1.54, 1.807) is 0 Å². The van der Waals surface area contributed by atoms with Crippen LogP contribution in [0.5, 0.6) is 0 Å². The molecule has 5 heteroatoms. The van der Waals surface area contributed by atoms with E-state index >= 15 is 0 Å². The Bertz CT molecular complexity index is 294. The number of hydrogen-bond donors (Lipinski definition) is 2. The number of hydrogen-bond acceptors (Lipinski definition) is 3. The van der Waals surface area contributed by atoms with Crippen molar-refractivity contribution in [1.82, 2.24) is 15.5 Å². The van der Waals surface area contributed by atoms with E-state index < -0.39 is 0 Å². The van der Waals surface area contributed by atoms with E-state index in [1.165, 1.54) is 19.4 Å². The number of likely N-dealkylation sites (tertiary alicyclic amines) is 1. The minimum Gasteiger partial charge on any atom is -0.379 e. The van der Waals surface area contributed by atoms with Gasteiger partial charge in [-0.15, -0.1) is 0 Å². The summed E-state index contributed by atoms with van der Waals surface area (Å²) in [6.07, 6.45) is 2.58. The summed E-state index contributed by atoms with van der Waals surface area (Å²) >= 11 is 0. The third-order valence-electron chi connectivity index (χ3n) is 3.70. The molecule has 0 aromatic heterocycles. The zero-order valence-corrected chi connectivity index (χ0v) is 14.3. The molecule has 2 N–H and O–H groups in total. The highest BCUT2D eigenvalue weighted by Crippen LogP contribution is 2.16. The van der Waals surface area contributed by atoms with Gasteiger partial charge in [-0.1, -0.05) is 20.8 Å². The molecule has 21 heavy (non-hydrogen) atoms. The lowest BCUT2D eigenvalue weighted by Gasteiger charge is -2.21. The minimum absolute atomic E-state index is 0.592. The fourth-order valence-electron chi connectivity index (χ4n) is 2.62. The quantitative estimate of drug-likeness (QED) is 0.386. The summed E-state index contributed by atoms with van der Waals surface area (Å²) in [5.74, 6) is 1.50. The van der Waals surface area contributed by atoms with Crippen LogP contribution in [0.25, 0.3) is 0 Å². The van der Waals surface area contributed by atoms with E-state index in [0.29, 0.717) is 12.0 Å². The lowest BCUT2D eigenvalue weighted by atomic mass is 10.2. The standard InChI is InChI=1S/C16H34N4O/c1-5-17-16(18-9-11-21-13-14(3)4)19-12-15-8-7-10-20(15)6-2/h14-15H,5-13H2,1-4H3,(H2,17,18,19). The van der Waals surface area contributed by atoms with Crippen molar-refractivity contribution in [2.24, 2.45) is 10.9 Å². The van der Waals surface area contributed by atoms with Crippen LogP contribution in [0.1, 0.15) is 40.5 Å². The monoisotopic (exact) mass is 298 g/mol. The molecule has 1 saturated heterocycles. The van der Waals surface area contributed by atoms with Gasteiger partial charge in [0.25, 0.3) is 0 Å². The van der Waals surface area contributed by atoms with Gasteiger partial charge >= 0.3 is 0 Å². The van der Waals surface area contributed by atoms with Crippen LogP contribution in [0.3, 0.4) is 0 Å². The highest BCUT2D eigenvalue weighted by atomic mass is 16.5. The van der Waals surface area contributed by atoms with Crippen molar-refractivity contribution in [3.05, 3.63) is 0 Å². The summed E-state index contributed by atoms with van der Waals surface area (Å²) in [7, 11) is 0. The van der Waals surface area contributed by atoms with Gasteiger partial charge in [0.15, 0.2) is 5.96 Å². The van der Waals surface area contributed by atoms with E-state index in [4.69, 9.17) is 9.73 Å². The molecule has 0 bridgehead atoms. The maximum Gasteiger partial charge on any atom is 0.191 e. The molecule has 124 valence electrons.